The third-order valence-electron chi connectivity index (χ3n) is 4.54. The Bertz CT molecular complexity index is 516. The van der Waals surface area contributed by atoms with Crippen LogP contribution in [0, 0.1) is 11.8 Å². The average Bonchev–Trinajstić information content (AvgIpc) is 2.68. The summed E-state index contributed by atoms with van der Waals surface area (Å²) >= 11 is 0. The van der Waals surface area contributed by atoms with Gasteiger partial charge in [0.25, 0.3) is 0 Å². The van der Waals surface area contributed by atoms with Gasteiger partial charge in [-0.3, -0.25) is 4.79 Å². The smallest absolute Gasteiger partial charge is 0.190 e. The van der Waals surface area contributed by atoms with Crippen molar-refractivity contribution in [3.05, 3.63) is 41.0 Å². The van der Waals surface area contributed by atoms with Crippen LogP contribution in [0.25, 0.3) is 5.57 Å². The van der Waals surface area contributed by atoms with Gasteiger partial charge in [0, 0.05) is 11.1 Å². The fraction of sp³-hybridized carbons (Fsp3) is 0.400. The molecule has 1 heteroatoms. The van der Waals surface area contributed by atoms with E-state index in [2.05, 4.69) is 12.1 Å². The van der Waals surface area contributed by atoms with E-state index in [-0.39, 0.29) is 0 Å². The maximum absolute atomic E-state index is 12.4. The van der Waals surface area contributed by atoms with Gasteiger partial charge in [-0.2, -0.15) is 0 Å². The van der Waals surface area contributed by atoms with Crippen LogP contribution in [0.1, 0.15) is 41.6 Å². The van der Waals surface area contributed by atoms with E-state index >= 15 is 0 Å². The van der Waals surface area contributed by atoms with Crippen molar-refractivity contribution >= 4 is 11.4 Å². The molecule has 0 radical (unpaired) electrons. The molecule has 80 valence electrons. The Labute approximate surface area is 95.2 Å². The van der Waals surface area contributed by atoms with Gasteiger partial charge in [-0.1, -0.05) is 24.3 Å². The summed E-state index contributed by atoms with van der Waals surface area (Å²) in [7, 11) is 0. The van der Waals surface area contributed by atoms with Crippen molar-refractivity contribution in [2.75, 3.05) is 0 Å². The maximum atomic E-state index is 12.4. The summed E-state index contributed by atoms with van der Waals surface area (Å²) in [5, 5.41) is 0. The van der Waals surface area contributed by atoms with Crippen LogP contribution in [0.3, 0.4) is 0 Å². The highest BCUT2D eigenvalue weighted by Gasteiger charge is 2.43. The summed E-state index contributed by atoms with van der Waals surface area (Å²) < 4.78 is 0. The largest absolute Gasteiger partial charge is 0.289 e. The number of fused-ring (bicyclic) bond motifs is 3. The van der Waals surface area contributed by atoms with Crippen LogP contribution in [0.5, 0.6) is 0 Å². The zero-order valence-corrected chi connectivity index (χ0v) is 9.20. The molecular formula is C15H14O. The van der Waals surface area contributed by atoms with E-state index in [1.54, 1.807) is 0 Å². The van der Waals surface area contributed by atoms with Gasteiger partial charge in [0.1, 0.15) is 0 Å². The molecule has 4 aliphatic carbocycles. The van der Waals surface area contributed by atoms with E-state index < -0.39 is 0 Å². The minimum absolute atomic E-state index is 0.333. The molecule has 5 rings (SSSR count). The number of ketones is 1. The Balaban J connectivity index is 2.01. The molecule has 0 unspecified atom stereocenters. The molecule has 0 heterocycles. The first-order chi connectivity index (χ1) is 7.86. The quantitative estimate of drug-likeness (QED) is 0.641. The van der Waals surface area contributed by atoms with E-state index in [1.807, 2.05) is 12.1 Å². The molecule has 1 aromatic carbocycles. The van der Waals surface area contributed by atoms with Crippen LogP contribution < -0.4 is 0 Å². The Hall–Kier alpha value is -1.37. The molecule has 0 saturated heterocycles. The van der Waals surface area contributed by atoms with Gasteiger partial charge in [-0.15, -0.1) is 0 Å². The standard InChI is InChI=1S/C15H14O/c16-15-12-4-2-1-3-11(12)13-9-5-7-10(8-6-9)14(13)15/h1-4,9-10H,5-8H2. The predicted molar refractivity (Wildman–Crippen MR) is 63.1 cm³/mol. The first-order valence-corrected chi connectivity index (χ1v) is 6.24. The number of rotatable bonds is 0. The lowest BCUT2D eigenvalue weighted by Gasteiger charge is -2.37. The molecule has 0 aliphatic heterocycles. The normalized spacial score (nSPS) is 30.6. The van der Waals surface area contributed by atoms with Crippen LogP contribution in [-0.2, 0) is 0 Å². The van der Waals surface area contributed by atoms with Crippen LogP contribution in [0.15, 0.2) is 29.8 Å². The van der Waals surface area contributed by atoms with Crippen molar-refractivity contribution in [1.82, 2.24) is 0 Å². The zero-order valence-electron chi connectivity index (χ0n) is 9.20. The fourth-order valence-corrected chi connectivity index (χ4v) is 3.84. The van der Waals surface area contributed by atoms with Gasteiger partial charge >= 0.3 is 0 Å². The lowest BCUT2D eigenvalue weighted by molar-refractivity contribution is 0.101. The van der Waals surface area contributed by atoms with E-state index in [1.165, 1.54) is 42.4 Å². The van der Waals surface area contributed by atoms with E-state index in [9.17, 15) is 4.79 Å². The summed E-state index contributed by atoms with van der Waals surface area (Å²) in [6.45, 7) is 0. The Morgan fingerprint density at radius 1 is 0.812 bits per heavy atom. The summed E-state index contributed by atoms with van der Waals surface area (Å²) in [5.41, 5.74) is 4.81. The first-order valence-electron chi connectivity index (χ1n) is 6.24. The Kier molecular flexibility index (Phi) is 1.56. The number of Topliss-reactive ketones (excluding diaryl/α,β-unsaturated/α-hetero) is 1. The van der Waals surface area contributed by atoms with Gasteiger partial charge in [0.15, 0.2) is 5.78 Å². The van der Waals surface area contributed by atoms with Crippen molar-refractivity contribution in [3.63, 3.8) is 0 Å². The zero-order chi connectivity index (χ0) is 10.7. The van der Waals surface area contributed by atoms with Gasteiger partial charge in [0.05, 0.1) is 0 Å². The molecule has 0 amide bonds. The average molecular weight is 210 g/mol. The third kappa shape index (κ3) is 0.897. The fourth-order valence-electron chi connectivity index (χ4n) is 3.84. The molecule has 1 saturated carbocycles. The number of carbonyl (C=O) groups is 1. The molecule has 0 spiro atoms. The highest BCUT2D eigenvalue weighted by molar-refractivity contribution is 6.21. The minimum atomic E-state index is 0.333. The number of carbonyl (C=O) groups excluding carboxylic acids is 1. The van der Waals surface area contributed by atoms with Crippen LogP contribution in [0.4, 0.5) is 0 Å². The lowest BCUT2D eigenvalue weighted by Crippen LogP contribution is -2.26. The monoisotopic (exact) mass is 210 g/mol. The minimum Gasteiger partial charge on any atom is -0.289 e. The van der Waals surface area contributed by atoms with Crippen molar-refractivity contribution in [3.8, 4) is 0 Å². The lowest BCUT2D eigenvalue weighted by atomic mass is 9.67. The highest BCUT2D eigenvalue weighted by atomic mass is 16.1. The van der Waals surface area contributed by atoms with Crippen molar-refractivity contribution < 1.29 is 4.79 Å². The summed E-state index contributed by atoms with van der Waals surface area (Å²) in [6, 6.07) is 8.17. The second-order valence-corrected chi connectivity index (χ2v) is 5.25. The Morgan fingerprint density at radius 2 is 1.38 bits per heavy atom. The molecule has 2 bridgehead atoms. The molecular weight excluding hydrogens is 196 g/mol. The molecule has 1 nitrogen and oxygen atoms in total. The summed E-state index contributed by atoms with van der Waals surface area (Å²) in [5.74, 6) is 1.58. The van der Waals surface area contributed by atoms with Crippen molar-refractivity contribution in [1.29, 1.82) is 0 Å². The maximum Gasteiger partial charge on any atom is 0.190 e. The highest BCUT2D eigenvalue weighted by Crippen LogP contribution is 2.53. The van der Waals surface area contributed by atoms with Gasteiger partial charge in [0.2, 0.25) is 0 Å². The number of allylic oxidation sites excluding steroid dienone is 2. The number of benzene rings is 1. The molecule has 0 aromatic heterocycles. The van der Waals surface area contributed by atoms with E-state index in [4.69, 9.17) is 0 Å². The van der Waals surface area contributed by atoms with Gasteiger partial charge in [-0.25, -0.2) is 0 Å². The molecule has 4 aliphatic rings. The molecule has 1 aromatic rings. The SMILES string of the molecule is O=C1C2=C(c3ccccc31)C1CCC2CC1. The summed E-state index contributed by atoms with van der Waals surface area (Å²) in [6.07, 6.45) is 5.07. The van der Waals surface area contributed by atoms with E-state index in [0.29, 0.717) is 17.6 Å². The van der Waals surface area contributed by atoms with Crippen molar-refractivity contribution in [2.24, 2.45) is 11.8 Å². The molecule has 0 atom stereocenters. The van der Waals surface area contributed by atoms with Gasteiger partial charge in [-0.05, 0) is 48.7 Å². The van der Waals surface area contributed by atoms with E-state index in [0.717, 1.165) is 5.56 Å². The number of hydrogen-bond donors (Lipinski definition) is 0. The van der Waals surface area contributed by atoms with Crippen LogP contribution in [0.2, 0.25) is 0 Å². The first kappa shape index (κ1) is 8.74. The predicted octanol–water partition coefficient (Wildman–Crippen LogP) is 3.46. The second kappa shape index (κ2) is 2.85. The van der Waals surface area contributed by atoms with Gasteiger partial charge < -0.3 is 0 Å². The Morgan fingerprint density at radius 3 is 2.06 bits per heavy atom. The second-order valence-electron chi connectivity index (χ2n) is 5.25. The van der Waals surface area contributed by atoms with Crippen molar-refractivity contribution in [2.45, 2.75) is 25.7 Å². The molecule has 0 N–H and O–H groups in total. The molecule has 1 fully saturated rings. The third-order valence-corrected chi connectivity index (χ3v) is 4.54. The molecule has 16 heavy (non-hydrogen) atoms. The summed E-state index contributed by atoms with van der Waals surface area (Å²) in [4.78, 5) is 12.4. The van der Waals surface area contributed by atoms with Crippen LogP contribution >= 0.6 is 0 Å². The topological polar surface area (TPSA) is 17.1 Å². The van der Waals surface area contributed by atoms with Crippen LogP contribution in [-0.4, -0.2) is 5.78 Å². The number of hydrogen-bond acceptors (Lipinski definition) is 1.